The van der Waals surface area contributed by atoms with Crippen LogP contribution < -0.4 is 0 Å². The number of carbonyl (C=O) groups is 1. The highest BCUT2D eigenvalue weighted by Gasteiger charge is 2.10. The summed E-state index contributed by atoms with van der Waals surface area (Å²) in [5.41, 5.74) is 0.651. The zero-order chi connectivity index (χ0) is 11.3. The number of phenolic OH excluding ortho intramolecular Hbond substituents is 1. The van der Waals surface area contributed by atoms with E-state index in [2.05, 4.69) is 6.58 Å². The van der Waals surface area contributed by atoms with Gasteiger partial charge in [0.05, 0.1) is 6.42 Å². The number of nitrogens with zero attached hydrogens (tertiary/aromatic N) is 1. The molecule has 0 aromatic heterocycles. The molecule has 80 valence electrons. The summed E-state index contributed by atoms with van der Waals surface area (Å²) in [4.78, 5) is 13.2. The molecule has 1 rings (SSSR count). The third-order valence-corrected chi connectivity index (χ3v) is 2.16. The standard InChI is InChI=1S/C12H15NO2/c1-3-8-13(2)12(15)9-10-6-4-5-7-11(10)14/h3-7,14H,1,8-9H2,2H3. The van der Waals surface area contributed by atoms with Crippen molar-refractivity contribution in [1.29, 1.82) is 0 Å². The van der Waals surface area contributed by atoms with Crippen LogP contribution in [0.15, 0.2) is 36.9 Å². The molecule has 0 unspecified atom stereocenters. The first-order valence-corrected chi connectivity index (χ1v) is 4.77. The monoisotopic (exact) mass is 205 g/mol. The third-order valence-electron chi connectivity index (χ3n) is 2.16. The van der Waals surface area contributed by atoms with Crippen molar-refractivity contribution >= 4 is 5.91 Å². The van der Waals surface area contributed by atoms with Crippen molar-refractivity contribution in [1.82, 2.24) is 4.90 Å². The Hall–Kier alpha value is -1.77. The van der Waals surface area contributed by atoms with Crippen LogP contribution in [0.2, 0.25) is 0 Å². The molecule has 1 aromatic carbocycles. The topological polar surface area (TPSA) is 40.5 Å². The lowest BCUT2D eigenvalue weighted by atomic mass is 10.1. The zero-order valence-electron chi connectivity index (χ0n) is 8.81. The Kier molecular flexibility index (Phi) is 3.92. The van der Waals surface area contributed by atoms with E-state index in [1.165, 1.54) is 0 Å². The number of benzene rings is 1. The Morgan fingerprint density at radius 3 is 2.80 bits per heavy atom. The predicted molar refractivity (Wildman–Crippen MR) is 59.6 cm³/mol. The van der Waals surface area contributed by atoms with Gasteiger partial charge in [-0.1, -0.05) is 24.3 Å². The molecule has 0 saturated heterocycles. The van der Waals surface area contributed by atoms with Gasteiger partial charge in [-0.3, -0.25) is 4.79 Å². The highest BCUT2D eigenvalue weighted by Crippen LogP contribution is 2.16. The predicted octanol–water partition coefficient (Wildman–Crippen LogP) is 1.58. The quantitative estimate of drug-likeness (QED) is 0.758. The van der Waals surface area contributed by atoms with Gasteiger partial charge < -0.3 is 10.0 Å². The normalized spacial score (nSPS) is 9.67. The Morgan fingerprint density at radius 1 is 1.53 bits per heavy atom. The summed E-state index contributed by atoms with van der Waals surface area (Å²) in [5.74, 6) is 0.134. The van der Waals surface area contributed by atoms with Crippen LogP contribution in [0.25, 0.3) is 0 Å². The van der Waals surface area contributed by atoms with Gasteiger partial charge in [0.2, 0.25) is 5.91 Å². The fraction of sp³-hybridized carbons (Fsp3) is 0.250. The molecule has 3 nitrogen and oxygen atoms in total. The smallest absolute Gasteiger partial charge is 0.227 e. The molecular formula is C12H15NO2. The molecule has 0 atom stereocenters. The largest absolute Gasteiger partial charge is 0.508 e. The number of likely N-dealkylation sites (N-methyl/N-ethyl adjacent to an activating group) is 1. The van der Waals surface area contributed by atoms with Gasteiger partial charge in [0, 0.05) is 19.2 Å². The van der Waals surface area contributed by atoms with Crippen LogP contribution in [0.5, 0.6) is 5.75 Å². The van der Waals surface area contributed by atoms with Crippen LogP contribution in [0.1, 0.15) is 5.56 Å². The minimum atomic E-state index is -0.0311. The van der Waals surface area contributed by atoms with Crippen molar-refractivity contribution in [3.63, 3.8) is 0 Å². The number of hydrogen-bond donors (Lipinski definition) is 1. The van der Waals surface area contributed by atoms with Gasteiger partial charge in [0.25, 0.3) is 0 Å². The minimum Gasteiger partial charge on any atom is -0.508 e. The molecule has 0 radical (unpaired) electrons. The summed E-state index contributed by atoms with van der Waals surface area (Å²) in [6.45, 7) is 4.08. The van der Waals surface area contributed by atoms with Crippen LogP contribution in [0.3, 0.4) is 0 Å². The number of carbonyl (C=O) groups excluding carboxylic acids is 1. The van der Waals surface area contributed by atoms with E-state index in [1.54, 1.807) is 42.3 Å². The molecule has 0 fully saturated rings. The molecule has 1 N–H and O–H groups in total. The van der Waals surface area contributed by atoms with E-state index < -0.39 is 0 Å². The summed E-state index contributed by atoms with van der Waals surface area (Å²) in [6, 6.07) is 6.86. The van der Waals surface area contributed by atoms with Gasteiger partial charge in [0.15, 0.2) is 0 Å². The summed E-state index contributed by atoms with van der Waals surface area (Å²) in [7, 11) is 1.71. The van der Waals surface area contributed by atoms with Gasteiger partial charge in [-0.15, -0.1) is 6.58 Å². The molecular weight excluding hydrogens is 190 g/mol. The van der Waals surface area contributed by atoms with E-state index in [1.807, 2.05) is 0 Å². The summed E-state index contributed by atoms with van der Waals surface area (Å²) in [6.07, 6.45) is 1.89. The van der Waals surface area contributed by atoms with E-state index in [-0.39, 0.29) is 18.1 Å². The second-order valence-electron chi connectivity index (χ2n) is 3.37. The second kappa shape index (κ2) is 5.20. The van der Waals surface area contributed by atoms with Crippen LogP contribution in [0, 0.1) is 0 Å². The maximum absolute atomic E-state index is 11.6. The fourth-order valence-corrected chi connectivity index (χ4v) is 1.25. The summed E-state index contributed by atoms with van der Waals surface area (Å²) >= 11 is 0. The molecule has 0 spiro atoms. The van der Waals surface area contributed by atoms with Gasteiger partial charge in [-0.05, 0) is 6.07 Å². The second-order valence-corrected chi connectivity index (χ2v) is 3.37. The first-order valence-electron chi connectivity index (χ1n) is 4.77. The number of amides is 1. The average Bonchev–Trinajstić information content (AvgIpc) is 2.21. The zero-order valence-corrected chi connectivity index (χ0v) is 8.81. The van der Waals surface area contributed by atoms with Crippen molar-refractivity contribution in [3.8, 4) is 5.75 Å². The molecule has 15 heavy (non-hydrogen) atoms. The molecule has 0 heterocycles. The van der Waals surface area contributed by atoms with Crippen LogP contribution in [-0.2, 0) is 11.2 Å². The van der Waals surface area contributed by atoms with Gasteiger partial charge in [0.1, 0.15) is 5.75 Å². The van der Waals surface area contributed by atoms with E-state index in [4.69, 9.17) is 0 Å². The van der Waals surface area contributed by atoms with E-state index >= 15 is 0 Å². The summed E-state index contributed by atoms with van der Waals surface area (Å²) < 4.78 is 0. The van der Waals surface area contributed by atoms with Gasteiger partial charge >= 0.3 is 0 Å². The van der Waals surface area contributed by atoms with Crippen molar-refractivity contribution < 1.29 is 9.90 Å². The van der Waals surface area contributed by atoms with E-state index in [0.717, 1.165) is 0 Å². The Bertz CT molecular complexity index is 360. The van der Waals surface area contributed by atoms with Crippen LogP contribution >= 0.6 is 0 Å². The maximum Gasteiger partial charge on any atom is 0.227 e. The van der Waals surface area contributed by atoms with E-state index in [9.17, 15) is 9.90 Å². The highest BCUT2D eigenvalue weighted by molar-refractivity contribution is 5.79. The number of phenols is 1. The first-order chi connectivity index (χ1) is 7.15. The molecule has 0 aliphatic rings. The van der Waals surface area contributed by atoms with Crippen molar-refractivity contribution in [2.24, 2.45) is 0 Å². The SMILES string of the molecule is C=CCN(C)C(=O)Cc1ccccc1O. The number of aromatic hydroxyl groups is 1. The minimum absolute atomic E-state index is 0.0311. The molecule has 3 heteroatoms. The molecule has 0 aliphatic carbocycles. The lowest BCUT2D eigenvalue weighted by Gasteiger charge is -2.14. The Morgan fingerprint density at radius 2 is 2.20 bits per heavy atom. The molecule has 1 aromatic rings. The highest BCUT2D eigenvalue weighted by atomic mass is 16.3. The van der Waals surface area contributed by atoms with Crippen molar-refractivity contribution in [3.05, 3.63) is 42.5 Å². The van der Waals surface area contributed by atoms with Crippen molar-refractivity contribution in [2.75, 3.05) is 13.6 Å². The van der Waals surface area contributed by atoms with Gasteiger partial charge in [-0.2, -0.15) is 0 Å². The lowest BCUT2D eigenvalue weighted by Crippen LogP contribution is -2.28. The van der Waals surface area contributed by atoms with Crippen molar-refractivity contribution in [2.45, 2.75) is 6.42 Å². The van der Waals surface area contributed by atoms with E-state index in [0.29, 0.717) is 12.1 Å². The fourth-order valence-electron chi connectivity index (χ4n) is 1.25. The first kappa shape index (κ1) is 11.3. The van der Waals surface area contributed by atoms with Gasteiger partial charge in [-0.25, -0.2) is 0 Å². The number of rotatable bonds is 4. The molecule has 0 bridgehead atoms. The maximum atomic E-state index is 11.6. The Balaban J connectivity index is 2.66. The summed E-state index contributed by atoms with van der Waals surface area (Å²) in [5, 5.41) is 9.48. The molecule has 0 aliphatic heterocycles. The average molecular weight is 205 g/mol. The lowest BCUT2D eigenvalue weighted by molar-refractivity contribution is -0.128. The van der Waals surface area contributed by atoms with Crippen LogP contribution in [0.4, 0.5) is 0 Å². The third kappa shape index (κ3) is 3.13. The molecule has 1 amide bonds. The molecule has 0 saturated carbocycles. The Labute approximate surface area is 89.6 Å². The number of para-hydroxylation sites is 1. The van der Waals surface area contributed by atoms with Crippen LogP contribution in [-0.4, -0.2) is 29.5 Å². The number of hydrogen-bond acceptors (Lipinski definition) is 2.